The average Bonchev–Trinajstić information content (AvgIpc) is 2.69. The van der Waals surface area contributed by atoms with Crippen molar-refractivity contribution in [1.29, 1.82) is 0 Å². The molecule has 0 N–H and O–H groups in total. The third-order valence-corrected chi connectivity index (χ3v) is 4.17. The maximum atomic E-state index is 2.27. The Hall–Kier alpha value is 0.0500. The maximum Gasteiger partial charge on any atom is 0.0179 e. The van der Waals surface area contributed by atoms with Gasteiger partial charge in [0.1, 0.15) is 0 Å². The second-order valence-corrected chi connectivity index (χ2v) is 5.52. The van der Waals surface area contributed by atoms with Crippen LogP contribution in [0, 0.1) is 0 Å². The molecule has 0 aliphatic carbocycles. The Morgan fingerprint density at radius 2 is 1.93 bits per heavy atom. The largest absolute Gasteiger partial charge is 0.151 e. The third-order valence-electron chi connectivity index (χ3n) is 2.26. The predicted octanol–water partition coefficient (Wildman–Crippen LogP) is 5.20. The van der Waals surface area contributed by atoms with Gasteiger partial charge in [0, 0.05) is 10.3 Å². The molecule has 0 aliphatic rings. The lowest BCUT2D eigenvalue weighted by Crippen LogP contribution is -1.81. The van der Waals surface area contributed by atoms with Gasteiger partial charge in [-0.15, -0.1) is 11.8 Å². The summed E-state index contributed by atoms with van der Waals surface area (Å²) < 4.78 is 0. The van der Waals surface area contributed by atoms with E-state index in [9.17, 15) is 0 Å². The number of rotatable bonds is 8. The molecule has 0 saturated heterocycles. The first kappa shape index (κ1) is 12.1. The van der Waals surface area contributed by atoms with Gasteiger partial charge in [-0.3, -0.25) is 0 Å². The van der Waals surface area contributed by atoms with Gasteiger partial charge in [0.25, 0.3) is 0 Å². The zero-order valence-electron chi connectivity index (χ0n) is 9.00. The quantitative estimate of drug-likeness (QED) is 0.435. The lowest BCUT2D eigenvalue weighted by atomic mass is 10.1. The van der Waals surface area contributed by atoms with Gasteiger partial charge in [-0.1, -0.05) is 39.0 Å². The summed E-state index contributed by atoms with van der Waals surface area (Å²) in [4.78, 5) is 1.45. The average molecular weight is 228 g/mol. The summed E-state index contributed by atoms with van der Waals surface area (Å²) in [5.41, 5.74) is 0. The van der Waals surface area contributed by atoms with E-state index in [0.717, 1.165) is 0 Å². The van der Waals surface area contributed by atoms with E-state index < -0.39 is 0 Å². The summed E-state index contributed by atoms with van der Waals surface area (Å²) >= 11 is 3.79. The van der Waals surface area contributed by atoms with Crippen molar-refractivity contribution in [3.05, 3.63) is 16.8 Å². The van der Waals surface area contributed by atoms with Crippen molar-refractivity contribution in [2.75, 3.05) is 5.75 Å². The summed E-state index contributed by atoms with van der Waals surface area (Å²) in [6.07, 6.45) is 8.42. The molecule has 1 rings (SSSR count). The van der Waals surface area contributed by atoms with Crippen molar-refractivity contribution >= 4 is 23.1 Å². The highest BCUT2D eigenvalue weighted by atomic mass is 32.2. The maximum absolute atomic E-state index is 2.27. The molecule has 80 valence electrons. The molecule has 2 heteroatoms. The standard InChI is InChI=1S/C12H20S2/c1-2-3-4-5-6-7-9-14-12-8-10-13-11-12/h8,10-11H,2-7,9H2,1H3. The predicted molar refractivity (Wildman–Crippen MR) is 68.4 cm³/mol. The summed E-state index contributed by atoms with van der Waals surface area (Å²) in [6, 6.07) is 2.21. The Kier molecular flexibility index (Phi) is 7.24. The first-order chi connectivity index (χ1) is 6.93. The van der Waals surface area contributed by atoms with E-state index in [0.29, 0.717) is 0 Å². The zero-order valence-corrected chi connectivity index (χ0v) is 10.6. The molecule has 0 bridgehead atoms. The van der Waals surface area contributed by atoms with Gasteiger partial charge < -0.3 is 0 Å². The minimum absolute atomic E-state index is 1.29. The van der Waals surface area contributed by atoms with Crippen molar-refractivity contribution in [2.24, 2.45) is 0 Å². The molecule has 1 aromatic heterocycles. The molecule has 1 aromatic rings. The van der Waals surface area contributed by atoms with Crippen molar-refractivity contribution in [1.82, 2.24) is 0 Å². The third kappa shape index (κ3) is 5.71. The van der Waals surface area contributed by atoms with Crippen LogP contribution in [0.1, 0.15) is 45.4 Å². The zero-order chi connectivity index (χ0) is 10.1. The van der Waals surface area contributed by atoms with E-state index in [1.165, 1.54) is 49.2 Å². The van der Waals surface area contributed by atoms with E-state index in [1.807, 2.05) is 11.8 Å². The second-order valence-electron chi connectivity index (χ2n) is 3.58. The van der Waals surface area contributed by atoms with E-state index in [4.69, 9.17) is 0 Å². The molecular weight excluding hydrogens is 208 g/mol. The van der Waals surface area contributed by atoms with E-state index in [2.05, 4.69) is 23.8 Å². The summed E-state index contributed by atoms with van der Waals surface area (Å²) in [5, 5.41) is 4.39. The van der Waals surface area contributed by atoms with Crippen molar-refractivity contribution < 1.29 is 0 Å². The van der Waals surface area contributed by atoms with Crippen LogP contribution in [0.25, 0.3) is 0 Å². The topological polar surface area (TPSA) is 0 Å². The fraction of sp³-hybridized carbons (Fsp3) is 0.667. The van der Waals surface area contributed by atoms with Crippen LogP contribution in [0.2, 0.25) is 0 Å². The highest BCUT2D eigenvalue weighted by molar-refractivity contribution is 7.99. The fourth-order valence-corrected chi connectivity index (χ4v) is 3.20. The van der Waals surface area contributed by atoms with Gasteiger partial charge in [0.15, 0.2) is 0 Å². The first-order valence-corrected chi connectivity index (χ1v) is 7.51. The molecule has 0 amide bonds. The van der Waals surface area contributed by atoms with E-state index in [-0.39, 0.29) is 0 Å². The van der Waals surface area contributed by atoms with Crippen LogP contribution in [0.15, 0.2) is 21.7 Å². The minimum atomic E-state index is 1.29. The number of hydrogen-bond acceptors (Lipinski definition) is 2. The summed E-state index contributed by atoms with van der Waals surface area (Å²) in [5.74, 6) is 1.29. The number of unbranched alkanes of at least 4 members (excludes halogenated alkanes) is 5. The van der Waals surface area contributed by atoms with Gasteiger partial charge in [-0.25, -0.2) is 0 Å². The molecule has 0 fully saturated rings. The highest BCUT2D eigenvalue weighted by Gasteiger charge is 1.94. The number of thiophene rings is 1. The first-order valence-electron chi connectivity index (χ1n) is 5.58. The highest BCUT2D eigenvalue weighted by Crippen LogP contribution is 2.22. The number of thioether (sulfide) groups is 1. The Balaban J connectivity index is 1.85. The van der Waals surface area contributed by atoms with Crippen LogP contribution in [0.5, 0.6) is 0 Å². The van der Waals surface area contributed by atoms with Crippen LogP contribution in [-0.2, 0) is 0 Å². The molecule has 0 aliphatic heterocycles. The lowest BCUT2D eigenvalue weighted by Gasteiger charge is -1.99. The van der Waals surface area contributed by atoms with Crippen LogP contribution >= 0.6 is 23.1 Å². The van der Waals surface area contributed by atoms with Gasteiger partial charge in [-0.2, -0.15) is 11.3 Å². The molecule has 0 radical (unpaired) electrons. The summed E-state index contributed by atoms with van der Waals surface area (Å²) in [6.45, 7) is 2.27. The molecule has 0 unspecified atom stereocenters. The van der Waals surface area contributed by atoms with Crippen LogP contribution in [0.4, 0.5) is 0 Å². The van der Waals surface area contributed by atoms with Crippen LogP contribution in [-0.4, -0.2) is 5.75 Å². The smallest absolute Gasteiger partial charge is 0.0179 e. The fourth-order valence-electron chi connectivity index (χ4n) is 1.41. The molecule has 1 heterocycles. The van der Waals surface area contributed by atoms with Crippen LogP contribution in [0.3, 0.4) is 0 Å². The molecule has 0 nitrogen and oxygen atoms in total. The molecule has 0 aromatic carbocycles. The normalized spacial score (nSPS) is 10.6. The van der Waals surface area contributed by atoms with Gasteiger partial charge in [-0.05, 0) is 23.6 Å². The molecular formula is C12H20S2. The Morgan fingerprint density at radius 3 is 2.64 bits per heavy atom. The Labute approximate surface area is 96.1 Å². The van der Waals surface area contributed by atoms with Crippen molar-refractivity contribution in [3.8, 4) is 0 Å². The summed E-state index contributed by atoms with van der Waals surface area (Å²) in [7, 11) is 0. The molecule has 0 saturated carbocycles. The SMILES string of the molecule is CCCCCCCCSc1ccsc1. The van der Waals surface area contributed by atoms with Gasteiger partial charge in [0.2, 0.25) is 0 Å². The minimum Gasteiger partial charge on any atom is -0.151 e. The molecule has 14 heavy (non-hydrogen) atoms. The van der Waals surface area contributed by atoms with Crippen molar-refractivity contribution in [3.63, 3.8) is 0 Å². The monoisotopic (exact) mass is 228 g/mol. The van der Waals surface area contributed by atoms with Gasteiger partial charge >= 0.3 is 0 Å². The van der Waals surface area contributed by atoms with E-state index in [1.54, 1.807) is 11.3 Å². The molecule has 0 atom stereocenters. The van der Waals surface area contributed by atoms with E-state index >= 15 is 0 Å². The lowest BCUT2D eigenvalue weighted by molar-refractivity contribution is 0.627. The van der Waals surface area contributed by atoms with Crippen LogP contribution < -0.4 is 0 Å². The Morgan fingerprint density at radius 1 is 1.14 bits per heavy atom. The number of hydrogen-bond donors (Lipinski definition) is 0. The molecule has 0 spiro atoms. The van der Waals surface area contributed by atoms with Gasteiger partial charge in [0.05, 0.1) is 0 Å². The Bertz CT molecular complexity index is 204. The van der Waals surface area contributed by atoms with Crippen molar-refractivity contribution in [2.45, 2.75) is 50.3 Å². The second kappa shape index (κ2) is 8.37.